The number of hydrogen-bond donors (Lipinski definition) is 2. The molecule has 0 unspecified atom stereocenters. The van der Waals surface area contributed by atoms with Crippen molar-refractivity contribution in [2.45, 2.75) is 4.90 Å². The average Bonchev–Trinajstić information content (AvgIpc) is 3.17. The highest BCUT2D eigenvalue weighted by Crippen LogP contribution is 2.25. The van der Waals surface area contributed by atoms with E-state index in [9.17, 15) is 8.42 Å². The van der Waals surface area contributed by atoms with E-state index in [1.54, 1.807) is 42.6 Å². The number of nitrogens with one attached hydrogen (secondary N) is 2. The van der Waals surface area contributed by atoms with Gasteiger partial charge in [-0.1, -0.05) is 36.4 Å². The Morgan fingerprint density at radius 2 is 1.66 bits per heavy atom. The first-order chi connectivity index (χ1) is 14.1. The molecular weight excluding hydrogens is 384 g/mol. The van der Waals surface area contributed by atoms with Crippen LogP contribution in [-0.2, 0) is 10.0 Å². The van der Waals surface area contributed by atoms with Crippen molar-refractivity contribution in [1.82, 2.24) is 15.0 Å². The normalized spacial score (nSPS) is 11.7. The number of imidazole rings is 1. The minimum absolute atomic E-state index is 0.166. The van der Waals surface area contributed by atoms with Gasteiger partial charge in [0.2, 0.25) is 0 Å². The van der Waals surface area contributed by atoms with Crippen molar-refractivity contribution in [1.29, 1.82) is 0 Å². The molecule has 0 atom stereocenters. The maximum absolute atomic E-state index is 12.9. The zero-order chi connectivity index (χ0) is 19.8. The van der Waals surface area contributed by atoms with Crippen molar-refractivity contribution in [2.24, 2.45) is 0 Å². The average molecular weight is 400 g/mol. The molecule has 0 radical (unpaired) electrons. The van der Waals surface area contributed by atoms with Gasteiger partial charge in [-0.3, -0.25) is 9.71 Å². The lowest BCUT2D eigenvalue weighted by molar-refractivity contribution is 0.601. The Hall–Kier alpha value is -3.71. The van der Waals surface area contributed by atoms with E-state index >= 15 is 0 Å². The molecule has 142 valence electrons. The van der Waals surface area contributed by atoms with Gasteiger partial charge in [0, 0.05) is 22.8 Å². The summed E-state index contributed by atoms with van der Waals surface area (Å²) in [5.74, 6) is 0.699. The standard InChI is InChI=1S/C22H16N4O2S/c27-29(28,26-17-8-10-19-16(13-17)7-4-12-23-19)18-9-11-20-21(14-18)25-22(24-20)15-5-2-1-3-6-15/h1-14,26H,(H,24,25). The van der Waals surface area contributed by atoms with Gasteiger partial charge in [0.15, 0.2) is 0 Å². The molecule has 5 rings (SSSR count). The quantitative estimate of drug-likeness (QED) is 0.462. The number of nitrogens with zero attached hydrogens (tertiary/aromatic N) is 2. The minimum Gasteiger partial charge on any atom is -0.338 e. The van der Waals surface area contributed by atoms with E-state index in [4.69, 9.17) is 0 Å². The number of pyridine rings is 1. The molecule has 0 aliphatic rings. The Morgan fingerprint density at radius 3 is 2.52 bits per heavy atom. The predicted octanol–water partition coefficient (Wildman–Crippen LogP) is 4.58. The van der Waals surface area contributed by atoms with E-state index in [2.05, 4.69) is 19.7 Å². The summed E-state index contributed by atoms with van der Waals surface area (Å²) in [4.78, 5) is 12.2. The van der Waals surface area contributed by atoms with Crippen LogP contribution < -0.4 is 4.72 Å². The Balaban J connectivity index is 1.49. The number of sulfonamides is 1. The fourth-order valence-electron chi connectivity index (χ4n) is 3.24. The molecule has 29 heavy (non-hydrogen) atoms. The van der Waals surface area contributed by atoms with Crippen LogP contribution in [-0.4, -0.2) is 23.4 Å². The topological polar surface area (TPSA) is 87.7 Å². The van der Waals surface area contributed by atoms with E-state index < -0.39 is 10.0 Å². The third-order valence-electron chi connectivity index (χ3n) is 4.67. The maximum Gasteiger partial charge on any atom is 0.261 e. The molecule has 7 heteroatoms. The van der Waals surface area contributed by atoms with E-state index in [0.717, 1.165) is 16.5 Å². The Kier molecular flexibility index (Phi) is 4.03. The molecule has 2 N–H and O–H groups in total. The van der Waals surface area contributed by atoms with Crippen molar-refractivity contribution in [3.8, 4) is 11.4 Å². The lowest BCUT2D eigenvalue weighted by Gasteiger charge is -2.09. The third kappa shape index (κ3) is 3.32. The van der Waals surface area contributed by atoms with E-state index in [-0.39, 0.29) is 4.90 Å². The lowest BCUT2D eigenvalue weighted by Crippen LogP contribution is -2.12. The van der Waals surface area contributed by atoms with Crippen molar-refractivity contribution < 1.29 is 8.42 Å². The van der Waals surface area contributed by atoms with Crippen LogP contribution in [0.3, 0.4) is 0 Å². The Bertz CT molecular complexity index is 1440. The summed E-state index contributed by atoms with van der Waals surface area (Å²) in [5, 5.41) is 0.865. The van der Waals surface area contributed by atoms with Gasteiger partial charge in [-0.05, 0) is 42.5 Å². The summed E-state index contributed by atoms with van der Waals surface area (Å²) in [5.41, 5.74) is 3.60. The highest BCUT2D eigenvalue weighted by molar-refractivity contribution is 7.92. The second-order valence-electron chi connectivity index (χ2n) is 6.65. The van der Waals surface area contributed by atoms with Crippen molar-refractivity contribution in [3.05, 3.63) is 85.1 Å². The van der Waals surface area contributed by atoms with Crippen molar-refractivity contribution in [2.75, 3.05) is 4.72 Å². The predicted molar refractivity (Wildman–Crippen MR) is 114 cm³/mol. The number of rotatable bonds is 4. The van der Waals surface area contributed by atoms with Crippen LogP contribution in [0.1, 0.15) is 0 Å². The number of benzene rings is 3. The van der Waals surface area contributed by atoms with Gasteiger partial charge < -0.3 is 4.98 Å². The maximum atomic E-state index is 12.9. The molecule has 3 aromatic carbocycles. The first-order valence-electron chi connectivity index (χ1n) is 9.01. The molecule has 2 heterocycles. The van der Waals surface area contributed by atoms with Crippen LogP contribution in [0.25, 0.3) is 33.3 Å². The van der Waals surface area contributed by atoms with Crippen LogP contribution in [0.5, 0.6) is 0 Å². The van der Waals surface area contributed by atoms with Gasteiger partial charge in [0.05, 0.1) is 21.4 Å². The smallest absolute Gasteiger partial charge is 0.261 e. The van der Waals surface area contributed by atoms with Crippen LogP contribution in [0.2, 0.25) is 0 Å². The van der Waals surface area contributed by atoms with Gasteiger partial charge in [-0.2, -0.15) is 0 Å². The lowest BCUT2D eigenvalue weighted by atomic mass is 10.2. The second kappa shape index (κ2) is 6.72. The van der Waals surface area contributed by atoms with Crippen LogP contribution in [0, 0.1) is 0 Å². The van der Waals surface area contributed by atoms with Gasteiger partial charge in [0.1, 0.15) is 5.82 Å². The number of fused-ring (bicyclic) bond motifs is 2. The molecule has 0 aliphatic carbocycles. The SMILES string of the molecule is O=S(=O)(Nc1ccc2ncccc2c1)c1ccc2nc(-c3ccccc3)[nH]c2c1. The first-order valence-corrected chi connectivity index (χ1v) is 10.5. The van der Waals surface area contributed by atoms with Gasteiger partial charge in [0.25, 0.3) is 10.0 Å². The van der Waals surface area contributed by atoms with Gasteiger partial charge in [-0.15, -0.1) is 0 Å². The molecule has 2 aromatic heterocycles. The largest absolute Gasteiger partial charge is 0.338 e. The molecule has 0 saturated carbocycles. The molecule has 0 amide bonds. The molecular formula is C22H16N4O2S. The second-order valence-corrected chi connectivity index (χ2v) is 8.33. The van der Waals surface area contributed by atoms with E-state index in [0.29, 0.717) is 22.5 Å². The zero-order valence-corrected chi connectivity index (χ0v) is 16.0. The fraction of sp³-hybridized carbons (Fsp3) is 0. The first kappa shape index (κ1) is 17.4. The zero-order valence-electron chi connectivity index (χ0n) is 15.2. The molecule has 0 saturated heterocycles. The molecule has 0 bridgehead atoms. The number of aromatic amines is 1. The molecule has 0 spiro atoms. The van der Waals surface area contributed by atoms with Gasteiger partial charge in [-0.25, -0.2) is 13.4 Å². The van der Waals surface area contributed by atoms with Gasteiger partial charge >= 0.3 is 0 Å². The summed E-state index contributed by atoms with van der Waals surface area (Å²) < 4.78 is 28.4. The number of anilines is 1. The molecule has 0 fully saturated rings. The van der Waals surface area contributed by atoms with Crippen molar-refractivity contribution in [3.63, 3.8) is 0 Å². The number of aromatic nitrogens is 3. The third-order valence-corrected chi connectivity index (χ3v) is 6.05. The highest BCUT2D eigenvalue weighted by Gasteiger charge is 2.16. The van der Waals surface area contributed by atoms with E-state index in [1.165, 1.54) is 0 Å². The Labute approximate surface area is 167 Å². The van der Waals surface area contributed by atoms with Crippen LogP contribution >= 0.6 is 0 Å². The van der Waals surface area contributed by atoms with Crippen LogP contribution in [0.4, 0.5) is 5.69 Å². The molecule has 5 aromatic rings. The van der Waals surface area contributed by atoms with Crippen LogP contribution in [0.15, 0.2) is 90.0 Å². The summed E-state index contributed by atoms with van der Waals surface area (Å²) in [6, 6.07) is 23.5. The molecule has 0 aliphatic heterocycles. The summed E-state index contributed by atoms with van der Waals surface area (Å²) >= 11 is 0. The van der Waals surface area contributed by atoms with Crippen molar-refractivity contribution >= 4 is 37.6 Å². The monoisotopic (exact) mass is 400 g/mol. The minimum atomic E-state index is -3.75. The highest BCUT2D eigenvalue weighted by atomic mass is 32.2. The molecule has 6 nitrogen and oxygen atoms in total. The number of H-pyrrole nitrogens is 1. The fourth-order valence-corrected chi connectivity index (χ4v) is 4.32. The number of hydrogen-bond acceptors (Lipinski definition) is 4. The summed E-state index contributed by atoms with van der Waals surface area (Å²) in [6.45, 7) is 0. The summed E-state index contributed by atoms with van der Waals surface area (Å²) in [7, 11) is -3.75. The summed E-state index contributed by atoms with van der Waals surface area (Å²) in [6.07, 6.45) is 1.70. The Morgan fingerprint density at radius 1 is 0.828 bits per heavy atom. The van der Waals surface area contributed by atoms with E-state index in [1.807, 2.05) is 42.5 Å².